The summed E-state index contributed by atoms with van der Waals surface area (Å²) in [6, 6.07) is -0.239. The number of thiazole rings is 1. The van der Waals surface area contributed by atoms with Crippen molar-refractivity contribution < 1.29 is 19.5 Å². The zero-order chi connectivity index (χ0) is 14.0. The van der Waals surface area contributed by atoms with Crippen molar-refractivity contribution in [1.29, 1.82) is 0 Å². The van der Waals surface area contributed by atoms with E-state index in [4.69, 9.17) is 9.94 Å². The molecule has 1 aliphatic heterocycles. The van der Waals surface area contributed by atoms with Gasteiger partial charge in [0.2, 0.25) is 0 Å². The number of hydroxylamine groups is 2. The van der Waals surface area contributed by atoms with Gasteiger partial charge in [0.25, 0.3) is 5.91 Å². The molecule has 1 fully saturated rings. The third-order valence-corrected chi connectivity index (χ3v) is 4.03. The van der Waals surface area contributed by atoms with Gasteiger partial charge < -0.3 is 5.11 Å². The summed E-state index contributed by atoms with van der Waals surface area (Å²) in [5, 5.41) is 12.5. The van der Waals surface area contributed by atoms with Gasteiger partial charge in [0.15, 0.2) is 0 Å². The normalized spacial score (nSPS) is 18.6. The van der Waals surface area contributed by atoms with Crippen molar-refractivity contribution in [3.63, 3.8) is 0 Å². The molecule has 0 saturated carbocycles. The molecule has 1 saturated heterocycles. The van der Waals surface area contributed by atoms with Gasteiger partial charge in [0.05, 0.1) is 13.2 Å². The predicted molar refractivity (Wildman–Crippen MR) is 67.9 cm³/mol. The molecular weight excluding hydrogens is 270 g/mol. The molecule has 8 heteroatoms. The first-order valence-electron chi connectivity index (χ1n) is 5.81. The first-order valence-corrected chi connectivity index (χ1v) is 6.69. The van der Waals surface area contributed by atoms with Crippen LogP contribution in [0.2, 0.25) is 0 Å². The number of amides is 2. The van der Waals surface area contributed by atoms with Gasteiger partial charge in [0.1, 0.15) is 10.7 Å². The lowest BCUT2D eigenvalue weighted by molar-refractivity contribution is -0.0760. The molecule has 2 rings (SSSR count). The van der Waals surface area contributed by atoms with Crippen molar-refractivity contribution in [1.82, 2.24) is 14.9 Å². The molecule has 1 unspecified atom stereocenters. The van der Waals surface area contributed by atoms with Gasteiger partial charge in [0, 0.05) is 19.0 Å². The Kier molecular flexibility index (Phi) is 4.01. The van der Waals surface area contributed by atoms with Crippen LogP contribution in [0, 0.1) is 0 Å². The molecule has 0 bridgehead atoms. The van der Waals surface area contributed by atoms with E-state index >= 15 is 0 Å². The molecule has 1 aliphatic rings. The smallest absolute Gasteiger partial charge is 0.407 e. The molecule has 2 heterocycles. The highest BCUT2D eigenvalue weighted by molar-refractivity contribution is 7.09. The summed E-state index contributed by atoms with van der Waals surface area (Å²) >= 11 is 1.31. The van der Waals surface area contributed by atoms with Crippen LogP contribution in [0.4, 0.5) is 4.79 Å². The third kappa shape index (κ3) is 2.69. The van der Waals surface area contributed by atoms with Gasteiger partial charge in [-0.25, -0.2) is 14.8 Å². The molecule has 7 nitrogen and oxygen atoms in total. The van der Waals surface area contributed by atoms with E-state index in [2.05, 4.69) is 4.98 Å². The molecular formula is C11H15N3O4S. The van der Waals surface area contributed by atoms with Crippen molar-refractivity contribution in [2.24, 2.45) is 0 Å². The zero-order valence-corrected chi connectivity index (χ0v) is 11.5. The Morgan fingerprint density at radius 2 is 2.37 bits per heavy atom. The number of rotatable bonds is 3. The van der Waals surface area contributed by atoms with E-state index in [1.54, 1.807) is 5.38 Å². The maximum Gasteiger partial charge on any atom is 0.407 e. The molecule has 0 aromatic carbocycles. The van der Waals surface area contributed by atoms with Crippen LogP contribution in [-0.4, -0.2) is 52.8 Å². The lowest BCUT2D eigenvalue weighted by Crippen LogP contribution is -2.29. The molecule has 0 aliphatic carbocycles. The second-order valence-corrected chi connectivity index (χ2v) is 5.08. The molecule has 19 heavy (non-hydrogen) atoms. The Hall–Kier alpha value is -1.67. The number of likely N-dealkylation sites (tertiary alicyclic amines) is 1. The van der Waals surface area contributed by atoms with Crippen molar-refractivity contribution >= 4 is 23.3 Å². The number of hydrogen-bond donors (Lipinski definition) is 1. The summed E-state index contributed by atoms with van der Waals surface area (Å²) in [6.45, 7) is 0.515. The number of carbonyl (C=O) groups excluding carboxylic acids is 1. The molecule has 2 amide bonds. The first kappa shape index (κ1) is 13.8. The summed E-state index contributed by atoms with van der Waals surface area (Å²) in [5.74, 6) is -0.343. The van der Waals surface area contributed by atoms with Crippen LogP contribution >= 0.6 is 11.3 Å². The van der Waals surface area contributed by atoms with E-state index < -0.39 is 6.09 Å². The van der Waals surface area contributed by atoms with Crippen molar-refractivity contribution in [2.45, 2.75) is 18.9 Å². The Bertz CT molecular complexity index is 490. The molecule has 1 atom stereocenters. The predicted octanol–water partition coefficient (Wildman–Crippen LogP) is 1.59. The summed E-state index contributed by atoms with van der Waals surface area (Å²) in [6.07, 6.45) is 0.616. The summed E-state index contributed by atoms with van der Waals surface area (Å²) in [5.41, 5.74) is 0.279. The van der Waals surface area contributed by atoms with E-state index in [9.17, 15) is 9.59 Å². The van der Waals surface area contributed by atoms with Gasteiger partial charge in [-0.05, 0) is 12.8 Å². The van der Waals surface area contributed by atoms with Crippen LogP contribution in [0.15, 0.2) is 5.38 Å². The Morgan fingerprint density at radius 3 is 3.00 bits per heavy atom. The molecule has 1 N–H and O–H groups in total. The van der Waals surface area contributed by atoms with Crippen molar-refractivity contribution in [2.75, 3.05) is 20.7 Å². The van der Waals surface area contributed by atoms with E-state index in [1.807, 2.05) is 0 Å². The fourth-order valence-electron chi connectivity index (χ4n) is 2.04. The minimum atomic E-state index is -0.945. The molecule has 104 valence electrons. The van der Waals surface area contributed by atoms with Crippen LogP contribution in [0.3, 0.4) is 0 Å². The average Bonchev–Trinajstić information content (AvgIpc) is 3.04. The number of nitrogens with zero attached hydrogens (tertiary/aromatic N) is 3. The summed E-state index contributed by atoms with van der Waals surface area (Å²) < 4.78 is 0. The van der Waals surface area contributed by atoms with Crippen LogP contribution in [0.25, 0.3) is 0 Å². The van der Waals surface area contributed by atoms with Gasteiger partial charge in [-0.1, -0.05) is 0 Å². The van der Waals surface area contributed by atoms with Gasteiger partial charge in [-0.3, -0.25) is 14.5 Å². The molecule has 0 radical (unpaired) electrons. The highest BCUT2D eigenvalue weighted by Crippen LogP contribution is 2.33. The van der Waals surface area contributed by atoms with E-state index in [1.165, 1.54) is 30.4 Å². The lowest BCUT2D eigenvalue weighted by atomic mass is 10.2. The second-order valence-electron chi connectivity index (χ2n) is 4.19. The third-order valence-electron chi connectivity index (χ3n) is 3.08. The Morgan fingerprint density at radius 1 is 1.63 bits per heavy atom. The van der Waals surface area contributed by atoms with Crippen LogP contribution < -0.4 is 0 Å². The maximum atomic E-state index is 11.8. The highest BCUT2D eigenvalue weighted by atomic mass is 32.1. The minimum Gasteiger partial charge on any atom is -0.465 e. The summed E-state index contributed by atoms with van der Waals surface area (Å²) in [7, 11) is 2.90. The Labute approximate surface area is 114 Å². The SMILES string of the molecule is CON(C)C(=O)c1csc(C2CCCN2C(=O)O)n1. The lowest BCUT2D eigenvalue weighted by Gasteiger charge is -2.19. The second kappa shape index (κ2) is 5.54. The highest BCUT2D eigenvalue weighted by Gasteiger charge is 2.32. The van der Waals surface area contributed by atoms with Gasteiger partial charge in [-0.15, -0.1) is 11.3 Å². The van der Waals surface area contributed by atoms with Crippen molar-refractivity contribution in [3.8, 4) is 0 Å². The number of carbonyl (C=O) groups is 2. The van der Waals surface area contributed by atoms with Crippen LogP contribution in [0.1, 0.15) is 34.4 Å². The van der Waals surface area contributed by atoms with Crippen LogP contribution in [-0.2, 0) is 4.84 Å². The fraction of sp³-hybridized carbons (Fsp3) is 0.545. The largest absolute Gasteiger partial charge is 0.465 e. The van der Waals surface area contributed by atoms with E-state index in [0.717, 1.165) is 17.9 Å². The topological polar surface area (TPSA) is 83.0 Å². The summed E-state index contributed by atoms with van der Waals surface area (Å²) in [4.78, 5) is 33.3. The number of aromatic nitrogens is 1. The van der Waals surface area contributed by atoms with E-state index in [0.29, 0.717) is 11.6 Å². The quantitative estimate of drug-likeness (QED) is 0.853. The van der Waals surface area contributed by atoms with Gasteiger partial charge >= 0.3 is 6.09 Å². The Balaban J connectivity index is 2.17. The zero-order valence-electron chi connectivity index (χ0n) is 10.7. The molecule has 0 spiro atoms. The van der Waals surface area contributed by atoms with Crippen molar-refractivity contribution in [3.05, 3.63) is 16.1 Å². The maximum absolute atomic E-state index is 11.8. The monoisotopic (exact) mass is 285 g/mol. The molecule has 1 aromatic rings. The average molecular weight is 285 g/mol. The minimum absolute atomic E-state index is 0.239. The van der Waals surface area contributed by atoms with Gasteiger partial charge in [-0.2, -0.15) is 0 Å². The van der Waals surface area contributed by atoms with Crippen LogP contribution in [0.5, 0.6) is 0 Å². The van der Waals surface area contributed by atoms with E-state index in [-0.39, 0.29) is 17.6 Å². The number of carboxylic acid groups (broad SMARTS) is 1. The molecule has 1 aromatic heterocycles. The fourth-order valence-corrected chi connectivity index (χ4v) is 2.97. The standard InChI is InChI=1S/C11H15N3O4S/c1-13(18-2)10(15)7-6-19-9(12-7)8-4-3-5-14(8)11(16)17/h6,8H,3-5H2,1-2H3,(H,16,17). The number of hydrogen-bond acceptors (Lipinski definition) is 5. The first-order chi connectivity index (χ1) is 9.04.